The van der Waals surface area contributed by atoms with Crippen molar-refractivity contribution in [3.8, 4) is 0 Å². The molecule has 2 rings (SSSR count). The Morgan fingerprint density at radius 1 is 1.41 bits per heavy atom. The quantitative estimate of drug-likeness (QED) is 0.865. The maximum atomic E-state index is 10.7. The van der Waals surface area contributed by atoms with Crippen LogP contribution in [0.4, 0.5) is 5.88 Å². The Hall–Kier alpha value is -1.10. The summed E-state index contributed by atoms with van der Waals surface area (Å²) in [5, 5.41) is 12.8. The lowest BCUT2D eigenvalue weighted by atomic mass is 9.95. The summed E-state index contributed by atoms with van der Waals surface area (Å²) in [7, 11) is 0. The van der Waals surface area contributed by atoms with E-state index in [4.69, 9.17) is 9.52 Å². The van der Waals surface area contributed by atoms with Crippen molar-refractivity contribution in [2.75, 3.05) is 11.6 Å². The van der Waals surface area contributed by atoms with Gasteiger partial charge in [-0.05, 0) is 38.0 Å². The van der Waals surface area contributed by atoms with Crippen LogP contribution in [0, 0.1) is 0 Å². The fraction of sp³-hybridized carbons (Fsp3) is 0.583. The summed E-state index contributed by atoms with van der Waals surface area (Å²) >= 11 is 1.93. The number of aromatic carboxylic acids is 1. The molecule has 2 N–H and O–H groups in total. The van der Waals surface area contributed by atoms with Crippen LogP contribution in [-0.2, 0) is 0 Å². The molecule has 0 spiro atoms. The summed E-state index contributed by atoms with van der Waals surface area (Å²) in [6.45, 7) is 0. The van der Waals surface area contributed by atoms with Gasteiger partial charge in [0.25, 0.3) is 0 Å². The third-order valence-corrected chi connectivity index (χ3v) is 4.31. The molecule has 0 radical (unpaired) electrons. The normalized spacial score (nSPS) is 24.5. The molecule has 0 unspecified atom stereocenters. The minimum Gasteiger partial charge on any atom is -0.475 e. The number of rotatable bonds is 4. The van der Waals surface area contributed by atoms with Crippen LogP contribution in [0.25, 0.3) is 0 Å². The van der Waals surface area contributed by atoms with Crippen LogP contribution < -0.4 is 5.32 Å². The van der Waals surface area contributed by atoms with E-state index >= 15 is 0 Å². The average molecular weight is 255 g/mol. The molecule has 1 aliphatic carbocycles. The van der Waals surface area contributed by atoms with Crippen LogP contribution in [-0.4, -0.2) is 28.6 Å². The summed E-state index contributed by atoms with van der Waals surface area (Å²) < 4.78 is 5.19. The second kappa shape index (κ2) is 5.49. The number of carboxylic acids is 1. The van der Waals surface area contributed by atoms with Crippen molar-refractivity contribution in [1.29, 1.82) is 0 Å². The standard InChI is InChI=1S/C12H17NO3S/c1-17-9-4-2-8(3-5-9)13-11-7-6-10(16-11)12(14)15/h6-9,13H,2-5H2,1H3,(H,14,15). The van der Waals surface area contributed by atoms with Crippen LogP contribution in [0.3, 0.4) is 0 Å². The van der Waals surface area contributed by atoms with Gasteiger partial charge in [0.1, 0.15) is 0 Å². The molecule has 94 valence electrons. The number of hydrogen-bond donors (Lipinski definition) is 2. The lowest BCUT2D eigenvalue weighted by molar-refractivity contribution is 0.0663. The van der Waals surface area contributed by atoms with E-state index in [1.807, 2.05) is 11.8 Å². The highest BCUT2D eigenvalue weighted by atomic mass is 32.2. The van der Waals surface area contributed by atoms with Gasteiger partial charge in [-0.1, -0.05) is 0 Å². The van der Waals surface area contributed by atoms with Gasteiger partial charge in [0, 0.05) is 17.4 Å². The Labute approximate surface area is 105 Å². The van der Waals surface area contributed by atoms with E-state index in [0.29, 0.717) is 11.9 Å². The largest absolute Gasteiger partial charge is 0.475 e. The maximum Gasteiger partial charge on any atom is 0.371 e. The van der Waals surface area contributed by atoms with Crippen LogP contribution in [0.2, 0.25) is 0 Å². The number of carboxylic acid groups (broad SMARTS) is 1. The molecular weight excluding hydrogens is 238 g/mol. The number of carbonyl (C=O) groups is 1. The smallest absolute Gasteiger partial charge is 0.371 e. The van der Waals surface area contributed by atoms with Crippen molar-refractivity contribution >= 4 is 23.6 Å². The lowest BCUT2D eigenvalue weighted by Gasteiger charge is -2.27. The Balaban J connectivity index is 1.86. The van der Waals surface area contributed by atoms with Gasteiger partial charge in [-0.25, -0.2) is 4.79 Å². The zero-order valence-electron chi connectivity index (χ0n) is 9.81. The van der Waals surface area contributed by atoms with Crippen LogP contribution in [0.5, 0.6) is 0 Å². The number of thioether (sulfide) groups is 1. The molecule has 1 saturated carbocycles. The highest BCUT2D eigenvalue weighted by Crippen LogP contribution is 2.29. The van der Waals surface area contributed by atoms with Crippen LogP contribution in [0.15, 0.2) is 16.5 Å². The molecule has 0 saturated heterocycles. The summed E-state index contributed by atoms with van der Waals surface area (Å²) in [5.74, 6) is -0.468. The van der Waals surface area contributed by atoms with E-state index in [0.717, 1.165) is 18.1 Å². The van der Waals surface area contributed by atoms with Gasteiger partial charge in [-0.15, -0.1) is 0 Å². The van der Waals surface area contributed by atoms with Gasteiger partial charge in [0.2, 0.25) is 5.76 Å². The summed E-state index contributed by atoms with van der Waals surface area (Å²) in [6.07, 6.45) is 6.82. The van der Waals surface area contributed by atoms with Gasteiger partial charge in [-0.2, -0.15) is 11.8 Å². The SMILES string of the molecule is CSC1CCC(Nc2ccc(C(=O)O)o2)CC1. The van der Waals surface area contributed by atoms with Crippen molar-refractivity contribution in [2.24, 2.45) is 0 Å². The zero-order chi connectivity index (χ0) is 12.3. The van der Waals surface area contributed by atoms with Crippen molar-refractivity contribution in [2.45, 2.75) is 37.0 Å². The van der Waals surface area contributed by atoms with Crippen LogP contribution in [0.1, 0.15) is 36.2 Å². The number of hydrogen-bond acceptors (Lipinski definition) is 4. The Bertz CT molecular complexity index is 383. The van der Waals surface area contributed by atoms with E-state index in [9.17, 15) is 4.79 Å². The minimum atomic E-state index is -1.02. The van der Waals surface area contributed by atoms with E-state index in [2.05, 4.69) is 11.6 Å². The molecule has 1 aromatic rings. The van der Waals surface area contributed by atoms with Gasteiger partial charge in [0.05, 0.1) is 0 Å². The fourth-order valence-corrected chi connectivity index (χ4v) is 2.92. The molecule has 0 atom stereocenters. The van der Waals surface area contributed by atoms with Crippen molar-refractivity contribution < 1.29 is 14.3 Å². The molecule has 17 heavy (non-hydrogen) atoms. The zero-order valence-corrected chi connectivity index (χ0v) is 10.6. The molecule has 1 heterocycles. The topological polar surface area (TPSA) is 62.5 Å². The molecule has 0 aliphatic heterocycles. The molecule has 1 fully saturated rings. The molecule has 0 amide bonds. The molecule has 1 aromatic heterocycles. The van der Waals surface area contributed by atoms with E-state index < -0.39 is 5.97 Å². The predicted octanol–water partition coefficient (Wildman–Crippen LogP) is 3.06. The first-order valence-electron chi connectivity index (χ1n) is 5.81. The molecule has 5 heteroatoms. The fourth-order valence-electron chi connectivity index (χ4n) is 2.17. The Kier molecular flexibility index (Phi) is 3.99. The first-order chi connectivity index (χ1) is 8.19. The van der Waals surface area contributed by atoms with E-state index in [1.165, 1.54) is 18.9 Å². The summed E-state index contributed by atoms with van der Waals surface area (Å²) in [4.78, 5) is 10.7. The second-order valence-electron chi connectivity index (χ2n) is 4.32. The van der Waals surface area contributed by atoms with Gasteiger partial charge in [0.15, 0.2) is 5.88 Å². The first-order valence-corrected chi connectivity index (χ1v) is 7.10. The third kappa shape index (κ3) is 3.19. The molecular formula is C12H17NO3S. The summed E-state index contributed by atoms with van der Waals surface area (Å²) in [6, 6.07) is 3.58. The first kappa shape index (κ1) is 12.4. The predicted molar refractivity (Wildman–Crippen MR) is 68.8 cm³/mol. The van der Waals surface area contributed by atoms with Crippen molar-refractivity contribution in [3.05, 3.63) is 17.9 Å². The molecule has 1 aliphatic rings. The van der Waals surface area contributed by atoms with Crippen LogP contribution >= 0.6 is 11.8 Å². The molecule has 0 aromatic carbocycles. The lowest BCUT2D eigenvalue weighted by Crippen LogP contribution is -2.26. The Morgan fingerprint density at radius 2 is 2.12 bits per heavy atom. The monoisotopic (exact) mass is 255 g/mol. The third-order valence-electron chi connectivity index (χ3n) is 3.17. The molecule has 4 nitrogen and oxygen atoms in total. The number of nitrogens with one attached hydrogen (secondary N) is 1. The highest BCUT2D eigenvalue weighted by Gasteiger charge is 2.21. The van der Waals surface area contributed by atoms with Crippen molar-refractivity contribution in [1.82, 2.24) is 0 Å². The second-order valence-corrected chi connectivity index (χ2v) is 5.46. The van der Waals surface area contributed by atoms with Gasteiger partial charge in [-0.3, -0.25) is 0 Å². The van der Waals surface area contributed by atoms with E-state index in [1.54, 1.807) is 6.07 Å². The summed E-state index contributed by atoms with van der Waals surface area (Å²) in [5.41, 5.74) is 0. The minimum absolute atomic E-state index is 0.00898. The van der Waals surface area contributed by atoms with Crippen molar-refractivity contribution in [3.63, 3.8) is 0 Å². The van der Waals surface area contributed by atoms with Gasteiger partial charge < -0.3 is 14.8 Å². The number of furan rings is 1. The maximum absolute atomic E-state index is 10.7. The highest BCUT2D eigenvalue weighted by molar-refractivity contribution is 7.99. The average Bonchev–Trinajstić information content (AvgIpc) is 2.79. The number of anilines is 1. The van der Waals surface area contributed by atoms with Gasteiger partial charge >= 0.3 is 5.97 Å². The Morgan fingerprint density at radius 3 is 2.65 bits per heavy atom. The van der Waals surface area contributed by atoms with E-state index in [-0.39, 0.29) is 5.76 Å². The molecule has 0 bridgehead atoms.